The molecule has 4 rings (SSSR count). The highest BCUT2D eigenvalue weighted by Crippen LogP contribution is 2.32. The Bertz CT molecular complexity index is 1510. The monoisotopic (exact) mass is 489 g/mol. The lowest BCUT2D eigenvalue weighted by Crippen LogP contribution is -2.46. The molecule has 0 atom stereocenters. The number of azo groups is 2. The van der Waals surface area contributed by atoms with E-state index in [1.54, 1.807) is 90.1 Å². The fourth-order valence-electron chi connectivity index (χ4n) is 4.12. The van der Waals surface area contributed by atoms with Crippen LogP contribution in [0.15, 0.2) is 75.4 Å². The van der Waals surface area contributed by atoms with Gasteiger partial charge in [0.2, 0.25) is 0 Å². The highest BCUT2D eigenvalue weighted by molar-refractivity contribution is 5.98. The summed E-state index contributed by atoms with van der Waals surface area (Å²) < 4.78 is 3.22. The highest BCUT2D eigenvalue weighted by Gasteiger charge is 2.52. The number of carbonyl (C=O) groups excluding carboxylic acids is 2. The average Bonchev–Trinajstić information content (AvgIpc) is 3.26. The van der Waals surface area contributed by atoms with Gasteiger partial charge in [-0.3, -0.25) is 0 Å². The van der Waals surface area contributed by atoms with Crippen molar-refractivity contribution in [2.75, 3.05) is 0 Å². The standard InChI is InChI=1S/C26H28N6O4/c1-25(2,3)29-21(33)27-31(23(29)35)19(17-13-9-7-10-14-17)20(18-15-11-8-12-16-18)32-24(36)30(22(34)28-32)26(4,5)6/h7-16H,1-6H3/p+1. The number of rotatable bonds is 4. The fraction of sp³-hybridized carbons (Fsp3) is 0.308. The molecule has 1 aromatic heterocycles. The van der Waals surface area contributed by atoms with Gasteiger partial charge < -0.3 is 0 Å². The van der Waals surface area contributed by atoms with Gasteiger partial charge in [0.25, 0.3) is 0 Å². The molecule has 10 heteroatoms. The van der Waals surface area contributed by atoms with Crippen LogP contribution < -0.4 is 11.4 Å². The number of hydrogen-bond donors (Lipinski definition) is 1. The number of aromatic nitrogens is 3. The smallest absolute Gasteiger partial charge is 0.246 e. The van der Waals surface area contributed by atoms with Gasteiger partial charge in [0.05, 0.1) is 0 Å². The third-order valence-electron chi connectivity index (χ3n) is 5.64. The van der Waals surface area contributed by atoms with E-state index in [2.05, 4.69) is 10.2 Å². The van der Waals surface area contributed by atoms with Crippen molar-refractivity contribution in [1.82, 2.24) is 19.2 Å². The highest BCUT2D eigenvalue weighted by atomic mass is 16.2. The third kappa shape index (κ3) is 4.26. The van der Waals surface area contributed by atoms with Crippen molar-refractivity contribution < 1.29 is 14.3 Å². The third-order valence-corrected chi connectivity index (χ3v) is 5.64. The molecule has 1 aliphatic heterocycles. The second-order valence-corrected chi connectivity index (χ2v) is 10.5. The van der Waals surface area contributed by atoms with E-state index in [4.69, 9.17) is 0 Å². The predicted molar refractivity (Wildman–Crippen MR) is 134 cm³/mol. The summed E-state index contributed by atoms with van der Waals surface area (Å²) in [6, 6.07) is 16.3. The number of amides is 4. The lowest BCUT2D eigenvalue weighted by Gasteiger charge is -2.20. The van der Waals surface area contributed by atoms with Crippen molar-refractivity contribution in [1.29, 1.82) is 0 Å². The van der Waals surface area contributed by atoms with E-state index in [0.717, 1.165) is 18.8 Å². The average molecular weight is 490 g/mol. The molecular weight excluding hydrogens is 460 g/mol. The Morgan fingerprint density at radius 3 is 1.75 bits per heavy atom. The van der Waals surface area contributed by atoms with Crippen LogP contribution in [0, 0.1) is 0 Å². The number of imide groups is 1. The first kappa shape index (κ1) is 24.8. The molecule has 0 saturated carbocycles. The molecule has 2 heterocycles. The van der Waals surface area contributed by atoms with E-state index >= 15 is 0 Å². The van der Waals surface area contributed by atoms with Gasteiger partial charge in [0.15, 0.2) is 5.70 Å². The van der Waals surface area contributed by atoms with Gasteiger partial charge in [-0.1, -0.05) is 65.4 Å². The first-order chi connectivity index (χ1) is 16.8. The van der Waals surface area contributed by atoms with E-state index in [9.17, 15) is 19.2 Å². The quantitative estimate of drug-likeness (QED) is 0.435. The zero-order chi connectivity index (χ0) is 26.4. The maximum Gasteiger partial charge on any atom is 0.529 e. The van der Waals surface area contributed by atoms with E-state index in [-0.39, 0.29) is 11.4 Å². The lowest BCUT2D eigenvalue weighted by atomic mass is 10.0. The van der Waals surface area contributed by atoms with Crippen molar-refractivity contribution in [3.8, 4) is 0 Å². The Morgan fingerprint density at radius 1 is 0.778 bits per heavy atom. The van der Waals surface area contributed by atoms with E-state index in [1.807, 2.05) is 12.1 Å². The number of carbonyl (C=O) groups is 2. The second-order valence-electron chi connectivity index (χ2n) is 10.5. The number of hydrogen-bond acceptors (Lipinski definition) is 4. The summed E-state index contributed by atoms with van der Waals surface area (Å²) in [7, 11) is 0. The number of H-pyrrole nitrogens is 1. The maximum absolute atomic E-state index is 13.6. The van der Waals surface area contributed by atoms with Crippen LogP contribution in [0.4, 0.5) is 9.59 Å². The molecule has 0 spiro atoms. The van der Waals surface area contributed by atoms with Gasteiger partial charge in [-0.25, -0.2) is 24.0 Å². The largest absolute Gasteiger partial charge is 0.529 e. The Balaban J connectivity index is 2.15. The summed E-state index contributed by atoms with van der Waals surface area (Å²) in [6.45, 7) is 10.4. The Labute approximate surface area is 207 Å². The molecule has 1 aliphatic rings. The molecule has 0 fully saturated rings. The first-order valence-electron chi connectivity index (χ1n) is 11.5. The minimum atomic E-state index is -0.832. The van der Waals surface area contributed by atoms with Crippen molar-refractivity contribution in [2.45, 2.75) is 52.6 Å². The van der Waals surface area contributed by atoms with Crippen molar-refractivity contribution in [3.63, 3.8) is 0 Å². The molecule has 36 heavy (non-hydrogen) atoms. The van der Waals surface area contributed by atoms with Crippen LogP contribution in [0.25, 0.3) is 11.4 Å². The summed E-state index contributed by atoms with van der Waals surface area (Å²) >= 11 is 0. The van der Waals surface area contributed by atoms with Crippen LogP contribution >= 0.6 is 0 Å². The molecule has 186 valence electrons. The van der Waals surface area contributed by atoms with Crippen LogP contribution in [-0.2, 0) is 5.54 Å². The molecule has 0 bridgehead atoms. The lowest BCUT2D eigenvalue weighted by molar-refractivity contribution is -0.392. The maximum atomic E-state index is 13.6. The van der Waals surface area contributed by atoms with Crippen LogP contribution in [0.2, 0.25) is 0 Å². The molecule has 10 nitrogen and oxygen atoms in total. The van der Waals surface area contributed by atoms with Crippen molar-refractivity contribution >= 4 is 23.5 Å². The molecule has 0 unspecified atom stereocenters. The number of benzene rings is 2. The molecule has 4 amide bonds. The summed E-state index contributed by atoms with van der Waals surface area (Å²) in [5.74, 6) is 0. The van der Waals surface area contributed by atoms with Crippen LogP contribution in [-0.4, -0.2) is 41.5 Å². The van der Waals surface area contributed by atoms with Crippen LogP contribution in [0.3, 0.4) is 0 Å². The van der Waals surface area contributed by atoms with Gasteiger partial charge in [0.1, 0.15) is 11.2 Å². The Morgan fingerprint density at radius 2 is 1.31 bits per heavy atom. The molecule has 0 radical (unpaired) electrons. The van der Waals surface area contributed by atoms with E-state index < -0.39 is 34.5 Å². The molecule has 1 N–H and O–H groups in total. The SMILES string of the molecule is CC(C)(C)N1C(=O)N=[N+](C(=C(c2ccccc2)n2[nH]c(=O)n(C(C)(C)C)c2=O)c2ccccc2)C1=O. The van der Waals surface area contributed by atoms with Gasteiger partial charge in [-0.15, -0.1) is 4.90 Å². The molecule has 2 aromatic carbocycles. The van der Waals surface area contributed by atoms with E-state index in [1.165, 1.54) is 0 Å². The van der Waals surface area contributed by atoms with Gasteiger partial charge in [-0.2, -0.15) is 9.48 Å². The summed E-state index contributed by atoms with van der Waals surface area (Å²) in [5, 5.41) is 6.71. The topological polar surface area (TPSA) is 113 Å². The number of nitrogens with one attached hydrogen (secondary N) is 1. The normalized spacial score (nSPS) is 15.3. The number of aromatic amines is 1. The zero-order valence-corrected chi connectivity index (χ0v) is 21.1. The summed E-state index contributed by atoms with van der Waals surface area (Å²) in [4.78, 5) is 54.1. The van der Waals surface area contributed by atoms with Gasteiger partial charge >= 0.3 is 23.4 Å². The Hall–Kier alpha value is -4.34. The molecular formula is C26H29N6O4+. The zero-order valence-electron chi connectivity index (χ0n) is 21.1. The van der Waals surface area contributed by atoms with Crippen LogP contribution in [0.1, 0.15) is 52.7 Å². The molecule has 3 aromatic rings. The molecule has 0 aliphatic carbocycles. The summed E-state index contributed by atoms with van der Waals surface area (Å²) in [5.41, 5.74) is -1.43. The van der Waals surface area contributed by atoms with Gasteiger partial charge in [-0.05, 0) is 41.5 Å². The second kappa shape index (κ2) is 8.71. The first-order valence-corrected chi connectivity index (χ1v) is 11.5. The van der Waals surface area contributed by atoms with E-state index in [0.29, 0.717) is 11.1 Å². The molecule has 0 saturated heterocycles. The Kier molecular flexibility index (Phi) is 5.99. The van der Waals surface area contributed by atoms with Crippen LogP contribution in [0.5, 0.6) is 0 Å². The number of nitrogens with zero attached hydrogens (tertiary/aromatic N) is 5. The van der Waals surface area contributed by atoms with Crippen molar-refractivity contribution in [2.24, 2.45) is 5.11 Å². The van der Waals surface area contributed by atoms with Crippen molar-refractivity contribution in [3.05, 3.63) is 92.8 Å². The number of urea groups is 2. The minimum Gasteiger partial charge on any atom is -0.246 e. The minimum absolute atomic E-state index is 0.177. The fourth-order valence-corrected chi connectivity index (χ4v) is 4.12. The van der Waals surface area contributed by atoms with Gasteiger partial charge in [0, 0.05) is 21.8 Å². The summed E-state index contributed by atoms with van der Waals surface area (Å²) in [6.07, 6.45) is 0. The predicted octanol–water partition coefficient (Wildman–Crippen LogP) is 4.29.